The maximum atomic E-state index is 16.7. The molecule has 4 aromatic rings. The first-order chi connectivity index (χ1) is 21.7. The number of ether oxygens (including phenoxy) is 1. The molecule has 12 heteroatoms. The van der Waals surface area contributed by atoms with E-state index < -0.39 is 23.8 Å². The molecule has 8 nitrogen and oxygen atoms in total. The molecule has 0 aliphatic carbocycles. The summed E-state index contributed by atoms with van der Waals surface area (Å²) in [6.07, 6.45) is 0.494. The van der Waals surface area contributed by atoms with E-state index in [1.807, 2.05) is 17.0 Å². The van der Waals surface area contributed by atoms with Crippen LogP contribution in [0.4, 0.5) is 19.0 Å². The monoisotopic (exact) mass is 634 g/mol. The van der Waals surface area contributed by atoms with Gasteiger partial charge in [-0.2, -0.15) is 9.97 Å². The highest BCUT2D eigenvalue weighted by Crippen LogP contribution is 2.40. The van der Waals surface area contributed by atoms with E-state index in [2.05, 4.69) is 21.4 Å². The van der Waals surface area contributed by atoms with Gasteiger partial charge >= 0.3 is 6.01 Å². The van der Waals surface area contributed by atoms with E-state index in [4.69, 9.17) is 22.9 Å². The molecule has 45 heavy (non-hydrogen) atoms. The van der Waals surface area contributed by atoms with Crippen molar-refractivity contribution in [1.29, 1.82) is 0 Å². The molecule has 0 radical (unpaired) electrons. The van der Waals surface area contributed by atoms with Gasteiger partial charge in [0.2, 0.25) is 12.5 Å². The van der Waals surface area contributed by atoms with E-state index in [1.54, 1.807) is 41.1 Å². The van der Waals surface area contributed by atoms with Gasteiger partial charge in [0.1, 0.15) is 36.0 Å². The number of anilines is 1. The minimum Gasteiger partial charge on any atom is -0.462 e. The van der Waals surface area contributed by atoms with Crippen molar-refractivity contribution in [1.82, 2.24) is 19.8 Å². The van der Waals surface area contributed by atoms with Crippen LogP contribution in [0.15, 0.2) is 55.1 Å². The van der Waals surface area contributed by atoms with Crippen LogP contribution in [-0.2, 0) is 4.79 Å². The fourth-order valence-corrected chi connectivity index (χ4v) is 6.59. The summed E-state index contributed by atoms with van der Waals surface area (Å²) in [5, 5.41) is 1.67. The van der Waals surface area contributed by atoms with Gasteiger partial charge in [0, 0.05) is 48.0 Å². The first-order valence-corrected chi connectivity index (χ1v) is 14.9. The summed E-state index contributed by atoms with van der Waals surface area (Å²) in [6.45, 7) is 12.1. The number of amides is 1. The lowest BCUT2D eigenvalue weighted by atomic mass is 9.96. The third kappa shape index (κ3) is 5.76. The van der Waals surface area contributed by atoms with Gasteiger partial charge in [-0.1, -0.05) is 48.5 Å². The number of fused-ring (bicyclic) bond motifs is 2. The molecule has 3 aromatic carbocycles. The predicted octanol–water partition coefficient (Wildman–Crippen LogP) is 5.93. The van der Waals surface area contributed by atoms with Crippen LogP contribution in [0.1, 0.15) is 6.42 Å². The molecule has 1 aromatic heterocycles. The average molecular weight is 635 g/mol. The largest absolute Gasteiger partial charge is 0.462 e. The Bertz CT molecular complexity index is 1840. The van der Waals surface area contributed by atoms with E-state index in [1.165, 1.54) is 12.1 Å². The summed E-state index contributed by atoms with van der Waals surface area (Å²) < 4.78 is 52.7. The summed E-state index contributed by atoms with van der Waals surface area (Å²) in [6, 6.07) is 10.7. The number of benzene rings is 3. The number of carbonyl (C=O) groups is 1. The zero-order chi connectivity index (χ0) is 31.8. The van der Waals surface area contributed by atoms with Gasteiger partial charge in [-0.15, -0.1) is 0 Å². The van der Waals surface area contributed by atoms with E-state index in [0.29, 0.717) is 10.4 Å². The van der Waals surface area contributed by atoms with Crippen LogP contribution in [0.5, 0.6) is 6.01 Å². The Labute approximate surface area is 263 Å². The third-order valence-electron chi connectivity index (χ3n) is 8.55. The SMILES string of the molecule is [C-]#[N+]C[C@H]1CN(c2nc(OC[C@@H]3C[C@@H](F)CN3C)nc3c(F)c(-c4cccc5cccc(Cl)c45)c(F)cc23)CCN1C(=O)C=C. The van der Waals surface area contributed by atoms with Crippen molar-refractivity contribution in [2.45, 2.75) is 24.7 Å². The fourth-order valence-electron chi connectivity index (χ4n) is 6.31. The Morgan fingerprint density at radius 3 is 2.67 bits per heavy atom. The number of piperazine rings is 1. The van der Waals surface area contributed by atoms with Crippen molar-refractivity contribution in [3.63, 3.8) is 0 Å². The zero-order valence-electron chi connectivity index (χ0n) is 24.5. The van der Waals surface area contributed by atoms with Crippen LogP contribution in [-0.4, -0.2) is 90.3 Å². The van der Waals surface area contributed by atoms with Crippen molar-refractivity contribution in [3.05, 3.63) is 83.2 Å². The number of halogens is 4. The number of hydrogen-bond donors (Lipinski definition) is 0. The fraction of sp³-hybridized carbons (Fsp3) is 0.333. The number of aromatic nitrogens is 2. The lowest BCUT2D eigenvalue weighted by molar-refractivity contribution is -0.128. The quantitative estimate of drug-likeness (QED) is 0.186. The van der Waals surface area contributed by atoms with Crippen molar-refractivity contribution >= 4 is 45.0 Å². The first-order valence-electron chi connectivity index (χ1n) is 14.6. The third-order valence-corrected chi connectivity index (χ3v) is 8.86. The number of alkyl halides is 1. The highest BCUT2D eigenvalue weighted by Gasteiger charge is 2.34. The molecule has 2 fully saturated rings. The molecule has 0 N–H and O–H groups in total. The summed E-state index contributed by atoms with van der Waals surface area (Å²) in [5.74, 6) is -1.84. The summed E-state index contributed by atoms with van der Waals surface area (Å²) >= 11 is 6.51. The highest BCUT2D eigenvalue weighted by atomic mass is 35.5. The molecule has 2 saturated heterocycles. The molecular weight excluding hydrogens is 605 g/mol. The number of nitrogens with zero attached hydrogens (tertiary/aromatic N) is 6. The Morgan fingerprint density at radius 1 is 1.18 bits per heavy atom. The minimum atomic E-state index is -0.985. The topological polar surface area (TPSA) is 66.2 Å². The van der Waals surface area contributed by atoms with Crippen LogP contribution in [0.3, 0.4) is 0 Å². The number of rotatable bonds is 7. The van der Waals surface area contributed by atoms with Crippen molar-refractivity contribution in [2.24, 2.45) is 0 Å². The Kier molecular flexibility index (Phi) is 8.53. The molecule has 3 atom stereocenters. The predicted molar refractivity (Wildman–Crippen MR) is 168 cm³/mol. The van der Waals surface area contributed by atoms with Gasteiger partial charge in [0.05, 0.1) is 5.56 Å². The summed E-state index contributed by atoms with van der Waals surface area (Å²) in [7, 11) is 1.80. The maximum Gasteiger partial charge on any atom is 0.319 e. The minimum absolute atomic E-state index is 0.0234. The Hall–Kier alpha value is -4.40. The molecule has 0 saturated carbocycles. The Morgan fingerprint density at radius 2 is 1.96 bits per heavy atom. The highest BCUT2D eigenvalue weighted by molar-refractivity contribution is 6.36. The summed E-state index contributed by atoms with van der Waals surface area (Å²) in [5.41, 5.74) is -0.183. The van der Waals surface area contributed by atoms with Gasteiger partial charge in [-0.25, -0.2) is 19.7 Å². The summed E-state index contributed by atoms with van der Waals surface area (Å²) in [4.78, 5) is 30.2. The second-order valence-corrected chi connectivity index (χ2v) is 11.7. The molecule has 232 valence electrons. The number of hydrogen-bond acceptors (Lipinski definition) is 6. The molecule has 2 aliphatic heterocycles. The number of likely N-dealkylation sites (tertiary alicyclic amines) is 1. The second kappa shape index (κ2) is 12.5. The molecule has 1 amide bonds. The lowest BCUT2D eigenvalue weighted by Gasteiger charge is -2.39. The van der Waals surface area contributed by atoms with Crippen LogP contribution >= 0.6 is 11.6 Å². The van der Waals surface area contributed by atoms with Gasteiger partial charge in [0.15, 0.2) is 5.82 Å². The van der Waals surface area contributed by atoms with Crippen molar-refractivity contribution in [2.75, 3.05) is 51.3 Å². The molecule has 3 heterocycles. The molecule has 0 unspecified atom stereocenters. The van der Waals surface area contributed by atoms with E-state index >= 15 is 8.78 Å². The normalized spacial score (nSPS) is 20.5. The van der Waals surface area contributed by atoms with Crippen molar-refractivity contribution in [3.8, 4) is 17.1 Å². The van der Waals surface area contributed by atoms with Crippen LogP contribution in [0.2, 0.25) is 5.02 Å². The Balaban J connectivity index is 1.49. The molecule has 0 spiro atoms. The van der Waals surface area contributed by atoms with Gasteiger partial charge < -0.3 is 19.4 Å². The van der Waals surface area contributed by atoms with Gasteiger partial charge in [-0.05, 0) is 42.6 Å². The van der Waals surface area contributed by atoms with Crippen LogP contribution < -0.4 is 9.64 Å². The molecular formula is C33H30ClF3N6O2. The standard InChI is InChI=1S/C33H30ClF3N6O2/c1-4-27(44)43-12-11-42(17-22(43)15-38-2)32-24-14-26(36)29(23-9-5-7-19-8-6-10-25(34)28(19)23)30(37)31(24)39-33(40-32)45-18-21-13-20(35)16-41(21)3/h4-10,14,20-22H,1,11-13,15-18H2,3H3/t20-,21+,22+/m1/s1. The van der Waals surface area contributed by atoms with Crippen LogP contribution in [0.25, 0.3) is 37.6 Å². The van der Waals surface area contributed by atoms with E-state index in [0.717, 1.165) is 5.39 Å². The smallest absolute Gasteiger partial charge is 0.319 e. The van der Waals surface area contributed by atoms with E-state index in [9.17, 15) is 9.18 Å². The number of carbonyl (C=O) groups excluding carboxylic acids is 1. The molecule has 0 bridgehead atoms. The first kappa shape index (κ1) is 30.6. The van der Waals surface area contributed by atoms with Gasteiger partial charge in [0.25, 0.3) is 0 Å². The van der Waals surface area contributed by atoms with Crippen LogP contribution in [0, 0.1) is 18.2 Å². The second-order valence-electron chi connectivity index (χ2n) is 11.3. The van der Waals surface area contributed by atoms with E-state index in [-0.39, 0.29) is 91.6 Å². The average Bonchev–Trinajstić information content (AvgIpc) is 3.36. The molecule has 2 aliphatic rings. The van der Waals surface area contributed by atoms with Crippen molar-refractivity contribution < 1.29 is 22.7 Å². The number of likely N-dealkylation sites (N-methyl/N-ethyl adjacent to an activating group) is 1. The zero-order valence-corrected chi connectivity index (χ0v) is 25.3. The maximum absolute atomic E-state index is 16.7. The lowest BCUT2D eigenvalue weighted by Crippen LogP contribution is -2.56. The van der Waals surface area contributed by atoms with Gasteiger partial charge in [-0.3, -0.25) is 9.69 Å². The molecule has 6 rings (SSSR count).